The number of hydrogen-bond acceptors (Lipinski definition) is 4. The summed E-state index contributed by atoms with van der Waals surface area (Å²) in [5, 5.41) is 11.2. The summed E-state index contributed by atoms with van der Waals surface area (Å²) in [7, 11) is 1.57. The molecule has 0 spiro atoms. The molecular weight excluding hydrogens is 356 g/mol. The van der Waals surface area contributed by atoms with Crippen molar-refractivity contribution in [2.45, 2.75) is 19.8 Å². The zero-order chi connectivity index (χ0) is 20.4. The van der Waals surface area contributed by atoms with E-state index in [0.29, 0.717) is 23.4 Å². The lowest BCUT2D eigenvalue weighted by Gasteiger charge is -2.10. The normalized spacial score (nSPS) is 10.1. The van der Waals surface area contributed by atoms with Crippen molar-refractivity contribution in [2.75, 3.05) is 30.8 Å². The van der Waals surface area contributed by atoms with Gasteiger partial charge in [-0.25, -0.2) is 0 Å². The second-order valence-electron chi connectivity index (χ2n) is 6.25. The Hall–Kier alpha value is -3.35. The van der Waals surface area contributed by atoms with Crippen LogP contribution in [0.15, 0.2) is 48.5 Å². The van der Waals surface area contributed by atoms with Crippen molar-refractivity contribution in [3.05, 3.63) is 59.7 Å². The molecule has 7 nitrogen and oxygen atoms in total. The second-order valence-corrected chi connectivity index (χ2v) is 6.25. The van der Waals surface area contributed by atoms with E-state index in [-0.39, 0.29) is 24.3 Å². The molecule has 28 heavy (non-hydrogen) atoms. The number of carbonyl (C=O) groups is 3. The summed E-state index contributed by atoms with van der Waals surface area (Å²) < 4.78 is 0. The van der Waals surface area contributed by atoms with Gasteiger partial charge < -0.3 is 21.3 Å². The van der Waals surface area contributed by atoms with Crippen molar-refractivity contribution in [1.29, 1.82) is 0 Å². The minimum Gasteiger partial charge on any atom is -0.376 e. The van der Waals surface area contributed by atoms with Gasteiger partial charge in [-0.3, -0.25) is 14.4 Å². The van der Waals surface area contributed by atoms with Crippen LogP contribution in [0, 0.1) is 0 Å². The zero-order valence-corrected chi connectivity index (χ0v) is 16.2. The average Bonchev–Trinajstić information content (AvgIpc) is 2.72. The summed E-state index contributed by atoms with van der Waals surface area (Å²) in [6.07, 6.45) is 1.94. The molecule has 0 unspecified atom stereocenters. The Morgan fingerprint density at radius 3 is 2.32 bits per heavy atom. The minimum absolute atomic E-state index is 0.0618. The maximum atomic E-state index is 12.2. The number of hydrogen-bond donors (Lipinski definition) is 4. The third-order valence-corrected chi connectivity index (χ3v) is 4.05. The highest BCUT2D eigenvalue weighted by atomic mass is 16.2. The first-order valence-electron chi connectivity index (χ1n) is 9.27. The number of carbonyl (C=O) groups excluding carboxylic acids is 3. The molecule has 0 saturated carbocycles. The van der Waals surface area contributed by atoms with Crippen LogP contribution >= 0.6 is 0 Å². The number of anilines is 2. The molecule has 0 aliphatic carbocycles. The molecule has 2 aromatic carbocycles. The molecule has 0 aliphatic rings. The fourth-order valence-electron chi connectivity index (χ4n) is 2.49. The van der Waals surface area contributed by atoms with Gasteiger partial charge in [0.05, 0.1) is 6.54 Å². The Balaban J connectivity index is 1.86. The summed E-state index contributed by atoms with van der Waals surface area (Å²) in [4.78, 5) is 35.8. The van der Waals surface area contributed by atoms with E-state index in [9.17, 15) is 14.4 Å². The van der Waals surface area contributed by atoms with Crippen molar-refractivity contribution in [1.82, 2.24) is 10.6 Å². The average molecular weight is 382 g/mol. The molecule has 0 radical (unpaired) electrons. The molecule has 0 heterocycles. The third-order valence-electron chi connectivity index (χ3n) is 4.05. The fraction of sp³-hybridized carbons (Fsp3) is 0.286. The van der Waals surface area contributed by atoms with E-state index >= 15 is 0 Å². The van der Waals surface area contributed by atoms with Gasteiger partial charge in [-0.15, -0.1) is 0 Å². The molecule has 0 aromatic heterocycles. The van der Waals surface area contributed by atoms with Gasteiger partial charge >= 0.3 is 0 Å². The highest BCUT2D eigenvalue weighted by Crippen LogP contribution is 2.12. The topological polar surface area (TPSA) is 99.3 Å². The Morgan fingerprint density at radius 2 is 1.64 bits per heavy atom. The summed E-state index contributed by atoms with van der Waals surface area (Å²) in [5.74, 6) is -0.555. The largest absolute Gasteiger partial charge is 0.376 e. The maximum Gasteiger partial charge on any atom is 0.251 e. The van der Waals surface area contributed by atoms with E-state index in [4.69, 9.17) is 0 Å². The predicted octanol–water partition coefficient (Wildman–Crippen LogP) is 2.63. The summed E-state index contributed by atoms with van der Waals surface area (Å²) in [5.41, 5.74) is 2.34. The first-order chi connectivity index (χ1) is 13.5. The van der Waals surface area contributed by atoms with Crippen LogP contribution in [0.2, 0.25) is 0 Å². The van der Waals surface area contributed by atoms with Crippen LogP contribution in [0.5, 0.6) is 0 Å². The number of nitrogens with one attached hydrogen (secondary N) is 4. The lowest BCUT2D eigenvalue weighted by atomic mass is 10.2. The van der Waals surface area contributed by atoms with Gasteiger partial charge in [0.1, 0.15) is 0 Å². The minimum atomic E-state index is -0.237. The molecule has 2 aromatic rings. The first kappa shape index (κ1) is 21.0. The van der Waals surface area contributed by atoms with Gasteiger partial charge in [0.25, 0.3) is 11.8 Å². The van der Waals surface area contributed by atoms with Crippen LogP contribution < -0.4 is 21.3 Å². The van der Waals surface area contributed by atoms with E-state index in [1.165, 1.54) is 0 Å². The lowest BCUT2D eigenvalue weighted by molar-refractivity contribution is -0.114. The molecule has 7 heteroatoms. The van der Waals surface area contributed by atoms with Crippen molar-refractivity contribution in [2.24, 2.45) is 0 Å². The van der Waals surface area contributed by atoms with Gasteiger partial charge in [0.2, 0.25) is 5.91 Å². The van der Waals surface area contributed by atoms with Crippen molar-refractivity contribution >= 4 is 29.1 Å². The molecule has 0 fully saturated rings. The SMILES string of the molecule is CCCCNC(=O)c1cccc(NC(=O)CNc2ccc(C(=O)NC)cc2)c1. The van der Waals surface area contributed by atoms with E-state index in [2.05, 4.69) is 28.2 Å². The molecule has 0 bridgehead atoms. The maximum absolute atomic E-state index is 12.2. The Labute approximate surface area is 164 Å². The van der Waals surface area contributed by atoms with E-state index in [1.54, 1.807) is 55.6 Å². The highest BCUT2D eigenvalue weighted by Gasteiger charge is 2.08. The molecule has 2 rings (SSSR count). The van der Waals surface area contributed by atoms with Crippen LogP contribution in [0.3, 0.4) is 0 Å². The van der Waals surface area contributed by atoms with Crippen LogP contribution in [0.4, 0.5) is 11.4 Å². The van der Waals surface area contributed by atoms with E-state index in [0.717, 1.165) is 18.5 Å². The van der Waals surface area contributed by atoms with Crippen molar-refractivity contribution in [3.63, 3.8) is 0 Å². The smallest absolute Gasteiger partial charge is 0.251 e. The fourth-order valence-corrected chi connectivity index (χ4v) is 2.49. The molecule has 4 N–H and O–H groups in total. The molecule has 0 aliphatic heterocycles. The summed E-state index contributed by atoms with van der Waals surface area (Å²) in [6, 6.07) is 13.7. The molecular formula is C21H26N4O3. The number of rotatable bonds is 9. The zero-order valence-electron chi connectivity index (χ0n) is 16.2. The first-order valence-corrected chi connectivity index (χ1v) is 9.27. The van der Waals surface area contributed by atoms with Crippen LogP contribution in [0.1, 0.15) is 40.5 Å². The Kier molecular flexibility index (Phi) is 8.02. The summed E-state index contributed by atoms with van der Waals surface area (Å²) >= 11 is 0. The summed E-state index contributed by atoms with van der Waals surface area (Å²) in [6.45, 7) is 2.76. The number of benzene rings is 2. The molecule has 0 atom stereocenters. The van der Waals surface area contributed by atoms with Crippen molar-refractivity contribution < 1.29 is 14.4 Å². The van der Waals surface area contributed by atoms with Gasteiger partial charge in [-0.2, -0.15) is 0 Å². The van der Waals surface area contributed by atoms with E-state index < -0.39 is 0 Å². The highest BCUT2D eigenvalue weighted by molar-refractivity contribution is 5.98. The van der Waals surface area contributed by atoms with Crippen LogP contribution in [0.25, 0.3) is 0 Å². The van der Waals surface area contributed by atoms with Crippen LogP contribution in [-0.4, -0.2) is 37.9 Å². The Morgan fingerprint density at radius 1 is 0.893 bits per heavy atom. The number of amides is 3. The third kappa shape index (κ3) is 6.42. The van der Waals surface area contributed by atoms with Gasteiger partial charge in [0, 0.05) is 36.1 Å². The second kappa shape index (κ2) is 10.7. The van der Waals surface area contributed by atoms with Crippen LogP contribution in [-0.2, 0) is 4.79 Å². The monoisotopic (exact) mass is 382 g/mol. The Bertz CT molecular complexity index is 819. The van der Waals surface area contributed by atoms with Gasteiger partial charge in [-0.1, -0.05) is 19.4 Å². The predicted molar refractivity (Wildman–Crippen MR) is 111 cm³/mol. The molecule has 0 saturated heterocycles. The molecule has 3 amide bonds. The van der Waals surface area contributed by atoms with Crippen molar-refractivity contribution in [3.8, 4) is 0 Å². The van der Waals surface area contributed by atoms with E-state index in [1.807, 2.05) is 0 Å². The standard InChI is InChI=1S/C21H26N4O3/c1-3-4-12-23-21(28)16-6-5-7-18(13-16)25-19(26)14-24-17-10-8-15(9-11-17)20(27)22-2/h5-11,13,24H,3-4,12,14H2,1-2H3,(H,22,27)(H,23,28)(H,25,26). The lowest BCUT2D eigenvalue weighted by Crippen LogP contribution is -2.25. The van der Waals surface area contributed by atoms with Gasteiger partial charge in [0.15, 0.2) is 0 Å². The quantitative estimate of drug-likeness (QED) is 0.501. The number of unbranched alkanes of at least 4 members (excludes halogenated alkanes) is 1. The molecule has 148 valence electrons. The van der Waals surface area contributed by atoms with Gasteiger partial charge in [-0.05, 0) is 48.9 Å².